The molecule has 3 heterocycles. The Balaban J connectivity index is 1.81. The van der Waals surface area contributed by atoms with Crippen molar-refractivity contribution in [2.75, 3.05) is 12.3 Å². The molecule has 0 amide bonds. The average molecular weight is 320 g/mol. The van der Waals surface area contributed by atoms with Gasteiger partial charge in [0.1, 0.15) is 5.82 Å². The topological polar surface area (TPSA) is 95.4 Å². The van der Waals surface area contributed by atoms with Crippen LogP contribution in [0.2, 0.25) is 0 Å². The van der Waals surface area contributed by atoms with E-state index in [-0.39, 0.29) is 0 Å². The number of nitrogens with zero attached hydrogens (tertiary/aromatic N) is 2. The second kappa shape index (κ2) is 5.98. The number of nitrogens with one attached hydrogen (secondary N) is 3. The summed E-state index contributed by atoms with van der Waals surface area (Å²) in [7, 11) is 0. The molecular weight excluding hydrogens is 300 g/mol. The van der Waals surface area contributed by atoms with Crippen LogP contribution in [0.25, 0.3) is 33.1 Å². The summed E-state index contributed by atoms with van der Waals surface area (Å²) in [6.07, 6.45) is 2.92. The minimum Gasteiger partial charge on any atom is -0.383 e. The largest absolute Gasteiger partial charge is 0.383 e. The Morgan fingerprint density at radius 1 is 1.17 bits per heavy atom. The quantitative estimate of drug-likeness (QED) is 0.425. The molecule has 122 valence electrons. The number of nitrogens with two attached hydrogens (primary N) is 1. The van der Waals surface area contributed by atoms with E-state index in [1.165, 1.54) is 0 Å². The predicted octanol–water partition coefficient (Wildman–Crippen LogP) is 3.19. The van der Waals surface area contributed by atoms with E-state index in [4.69, 9.17) is 5.73 Å². The number of hydrogen-bond donors (Lipinski definition) is 4. The zero-order chi connectivity index (χ0) is 16.5. The Labute approximate surface area is 139 Å². The van der Waals surface area contributed by atoms with Crippen molar-refractivity contribution in [2.45, 2.75) is 19.9 Å². The number of nitrogen functional groups attached to an aromatic ring is 1. The van der Waals surface area contributed by atoms with E-state index >= 15 is 0 Å². The van der Waals surface area contributed by atoms with Gasteiger partial charge in [0.05, 0.1) is 16.7 Å². The Morgan fingerprint density at radius 2 is 2.08 bits per heavy atom. The molecule has 0 saturated heterocycles. The number of hydrogen-bond acceptors (Lipinski definition) is 4. The molecule has 0 aliphatic rings. The van der Waals surface area contributed by atoms with Crippen LogP contribution in [0.5, 0.6) is 0 Å². The molecule has 24 heavy (non-hydrogen) atoms. The van der Waals surface area contributed by atoms with Gasteiger partial charge in [0.15, 0.2) is 0 Å². The van der Waals surface area contributed by atoms with Crippen LogP contribution in [0.15, 0.2) is 36.5 Å². The Kier molecular flexibility index (Phi) is 3.66. The highest BCUT2D eigenvalue weighted by molar-refractivity contribution is 6.08. The molecule has 5 N–H and O–H groups in total. The molecular formula is C18H20N6. The summed E-state index contributed by atoms with van der Waals surface area (Å²) in [6, 6.07) is 10.2. The van der Waals surface area contributed by atoms with Crippen molar-refractivity contribution in [3.05, 3.63) is 42.2 Å². The molecule has 0 bridgehead atoms. The smallest absolute Gasteiger partial charge is 0.133 e. The fourth-order valence-electron chi connectivity index (χ4n) is 3.03. The van der Waals surface area contributed by atoms with Gasteiger partial charge >= 0.3 is 0 Å². The molecule has 0 spiro atoms. The molecule has 0 aliphatic carbocycles. The van der Waals surface area contributed by atoms with E-state index < -0.39 is 0 Å². The van der Waals surface area contributed by atoms with Gasteiger partial charge in [-0.3, -0.25) is 5.10 Å². The second-order valence-corrected chi connectivity index (χ2v) is 5.95. The third-order valence-electron chi connectivity index (χ3n) is 4.20. The van der Waals surface area contributed by atoms with Crippen LogP contribution in [0.4, 0.5) is 5.82 Å². The highest BCUT2D eigenvalue weighted by atomic mass is 15.1. The van der Waals surface area contributed by atoms with Gasteiger partial charge in [-0.2, -0.15) is 5.10 Å². The summed E-state index contributed by atoms with van der Waals surface area (Å²) >= 11 is 0. The van der Waals surface area contributed by atoms with Gasteiger partial charge in [0.2, 0.25) is 0 Å². The van der Waals surface area contributed by atoms with Gasteiger partial charge in [-0.05, 0) is 31.2 Å². The van der Waals surface area contributed by atoms with Gasteiger partial charge in [0.25, 0.3) is 0 Å². The Bertz CT molecular complexity index is 984. The number of H-pyrrole nitrogens is 2. The number of benzene rings is 1. The second-order valence-electron chi connectivity index (χ2n) is 5.95. The lowest BCUT2D eigenvalue weighted by Gasteiger charge is -2.04. The first-order chi connectivity index (χ1) is 11.8. The summed E-state index contributed by atoms with van der Waals surface area (Å²) in [5.41, 5.74) is 11.1. The maximum atomic E-state index is 6.19. The number of anilines is 1. The molecule has 4 rings (SSSR count). The molecule has 0 radical (unpaired) electrons. The predicted molar refractivity (Wildman–Crippen MR) is 97.6 cm³/mol. The van der Waals surface area contributed by atoms with E-state index in [1.54, 1.807) is 0 Å². The minimum absolute atomic E-state index is 0.551. The van der Waals surface area contributed by atoms with Gasteiger partial charge in [-0.1, -0.05) is 19.1 Å². The maximum absolute atomic E-state index is 6.19. The van der Waals surface area contributed by atoms with Crippen LogP contribution in [0.3, 0.4) is 0 Å². The van der Waals surface area contributed by atoms with Crippen molar-refractivity contribution in [1.82, 2.24) is 25.5 Å². The van der Waals surface area contributed by atoms with E-state index in [2.05, 4.69) is 50.6 Å². The van der Waals surface area contributed by atoms with E-state index in [1.807, 2.05) is 18.3 Å². The van der Waals surface area contributed by atoms with Crippen molar-refractivity contribution < 1.29 is 0 Å². The molecule has 4 aromatic rings. The van der Waals surface area contributed by atoms with Crippen molar-refractivity contribution >= 4 is 27.6 Å². The van der Waals surface area contributed by atoms with Crippen molar-refractivity contribution in [3.63, 3.8) is 0 Å². The fraction of sp³-hybridized carbons (Fsp3) is 0.222. The number of fused-ring (bicyclic) bond motifs is 3. The number of aromatic amines is 2. The van der Waals surface area contributed by atoms with Crippen molar-refractivity contribution in [3.8, 4) is 11.3 Å². The van der Waals surface area contributed by atoms with Crippen molar-refractivity contribution in [2.24, 2.45) is 0 Å². The first-order valence-corrected chi connectivity index (χ1v) is 8.18. The molecule has 0 fully saturated rings. The Morgan fingerprint density at radius 3 is 2.88 bits per heavy atom. The van der Waals surface area contributed by atoms with Crippen LogP contribution in [-0.2, 0) is 6.54 Å². The summed E-state index contributed by atoms with van der Waals surface area (Å²) in [5.74, 6) is 0.551. The normalized spacial score (nSPS) is 11.5. The zero-order valence-corrected chi connectivity index (χ0v) is 13.6. The van der Waals surface area contributed by atoms with Gasteiger partial charge in [-0.15, -0.1) is 0 Å². The molecule has 1 aromatic carbocycles. The summed E-state index contributed by atoms with van der Waals surface area (Å²) in [6.45, 7) is 3.95. The third kappa shape index (κ3) is 2.51. The number of aromatic nitrogens is 4. The monoisotopic (exact) mass is 320 g/mol. The molecule has 0 saturated carbocycles. The van der Waals surface area contributed by atoms with Crippen LogP contribution >= 0.6 is 0 Å². The van der Waals surface area contributed by atoms with Crippen LogP contribution < -0.4 is 11.1 Å². The molecule has 6 nitrogen and oxygen atoms in total. The maximum Gasteiger partial charge on any atom is 0.133 e. The SMILES string of the molecule is CCCNCc1cc2c(N)nc3cc(-c4cc[nH]n4)ccc3c2[nH]1. The molecule has 3 aromatic heterocycles. The molecule has 0 aliphatic heterocycles. The first-order valence-electron chi connectivity index (χ1n) is 8.18. The third-order valence-corrected chi connectivity index (χ3v) is 4.20. The Hall–Kier alpha value is -2.86. The fourth-order valence-corrected chi connectivity index (χ4v) is 3.03. The standard InChI is InChI=1S/C18H20N6/c1-2-6-20-10-12-9-14-17(22-12)13-4-3-11(15-5-7-21-24-15)8-16(13)23-18(14)19/h3-5,7-9,20,22H,2,6,10H2,1H3,(H2,19,23)(H,21,24). The van der Waals surface area contributed by atoms with E-state index in [0.29, 0.717) is 5.82 Å². The summed E-state index contributed by atoms with van der Waals surface area (Å²) in [4.78, 5) is 8.07. The minimum atomic E-state index is 0.551. The lowest BCUT2D eigenvalue weighted by atomic mass is 10.1. The van der Waals surface area contributed by atoms with Crippen LogP contribution in [0.1, 0.15) is 19.0 Å². The summed E-state index contributed by atoms with van der Waals surface area (Å²) in [5, 5.41) is 12.5. The highest BCUT2D eigenvalue weighted by Crippen LogP contribution is 2.30. The number of rotatable bonds is 5. The van der Waals surface area contributed by atoms with Gasteiger partial charge < -0.3 is 16.0 Å². The lowest BCUT2D eigenvalue weighted by Crippen LogP contribution is -2.13. The van der Waals surface area contributed by atoms with Crippen molar-refractivity contribution in [1.29, 1.82) is 0 Å². The average Bonchev–Trinajstić information content (AvgIpc) is 3.25. The number of pyridine rings is 1. The van der Waals surface area contributed by atoms with E-state index in [0.717, 1.165) is 58.3 Å². The van der Waals surface area contributed by atoms with Crippen LogP contribution in [-0.4, -0.2) is 26.7 Å². The molecule has 0 atom stereocenters. The highest BCUT2D eigenvalue weighted by Gasteiger charge is 2.11. The van der Waals surface area contributed by atoms with Gasteiger partial charge in [-0.25, -0.2) is 4.98 Å². The molecule has 6 heteroatoms. The first kappa shape index (κ1) is 14.7. The molecule has 0 unspecified atom stereocenters. The summed E-state index contributed by atoms with van der Waals surface area (Å²) < 4.78 is 0. The van der Waals surface area contributed by atoms with Gasteiger partial charge in [0, 0.05) is 34.8 Å². The lowest BCUT2D eigenvalue weighted by molar-refractivity contribution is 0.667. The zero-order valence-electron chi connectivity index (χ0n) is 13.6. The van der Waals surface area contributed by atoms with E-state index in [9.17, 15) is 0 Å². The van der Waals surface area contributed by atoms with Crippen LogP contribution in [0, 0.1) is 0 Å².